The number of nitrogens with one attached hydrogen (secondary N) is 1. The normalized spacial score (nSPS) is 18.9. The van der Waals surface area contributed by atoms with Crippen LogP contribution in [0.2, 0.25) is 0 Å². The molecule has 1 N–H and O–H groups in total. The van der Waals surface area contributed by atoms with Crippen LogP contribution in [0.4, 0.5) is 18.9 Å². The molecule has 1 heterocycles. The zero-order chi connectivity index (χ0) is 24.6. The number of halogens is 3. The summed E-state index contributed by atoms with van der Waals surface area (Å²) in [6.07, 6.45) is -0.349. The van der Waals surface area contributed by atoms with E-state index in [9.17, 15) is 18.0 Å². The standard InChI is InChI=1S/C28H25F3N2O2/c1-18(19-6-3-2-4-7-19)32-25-17-26(20-8-5-9-24(16-20)35-23-14-15-23)33(27(25)34)22-12-10-21(11-13-22)28(29,30)31/h2-13,16-18,23,26,32H,14-15H2,1H3/t18-,26-/m1/s1. The Bertz CT molecular complexity index is 1240. The van der Waals surface area contributed by atoms with Crippen molar-refractivity contribution >= 4 is 11.6 Å². The summed E-state index contributed by atoms with van der Waals surface area (Å²) in [5.41, 5.74) is 1.88. The van der Waals surface area contributed by atoms with E-state index in [0.717, 1.165) is 41.9 Å². The van der Waals surface area contributed by atoms with Crippen LogP contribution in [-0.4, -0.2) is 12.0 Å². The minimum atomic E-state index is -4.45. The molecule has 1 aliphatic carbocycles. The van der Waals surface area contributed by atoms with E-state index in [-0.39, 0.29) is 18.1 Å². The van der Waals surface area contributed by atoms with Gasteiger partial charge < -0.3 is 10.1 Å². The van der Waals surface area contributed by atoms with Crippen molar-refractivity contribution in [1.29, 1.82) is 0 Å². The van der Waals surface area contributed by atoms with Gasteiger partial charge in [-0.05, 0) is 73.4 Å². The van der Waals surface area contributed by atoms with E-state index in [4.69, 9.17) is 4.74 Å². The van der Waals surface area contributed by atoms with Crippen molar-refractivity contribution in [2.75, 3.05) is 4.90 Å². The predicted octanol–water partition coefficient (Wildman–Crippen LogP) is 6.57. The van der Waals surface area contributed by atoms with Gasteiger partial charge >= 0.3 is 6.18 Å². The lowest BCUT2D eigenvalue weighted by atomic mass is 10.0. The molecule has 3 aromatic carbocycles. The Labute approximate surface area is 202 Å². The van der Waals surface area contributed by atoms with Gasteiger partial charge in [0.15, 0.2) is 0 Å². The van der Waals surface area contributed by atoms with Crippen molar-refractivity contribution in [2.24, 2.45) is 0 Å². The summed E-state index contributed by atoms with van der Waals surface area (Å²) in [5, 5.41) is 3.30. The summed E-state index contributed by atoms with van der Waals surface area (Å²) in [6, 6.07) is 21.3. The maximum absolute atomic E-state index is 13.6. The molecule has 1 fully saturated rings. The van der Waals surface area contributed by atoms with E-state index in [1.54, 1.807) is 0 Å². The second kappa shape index (κ2) is 9.13. The predicted molar refractivity (Wildman–Crippen MR) is 128 cm³/mol. The topological polar surface area (TPSA) is 41.6 Å². The molecule has 0 bridgehead atoms. The number of hydrogen-bond acceptors (Lipinski definition) is 3. The van der Waals surface area contributed by atoms with Gasteiger partial charge in [-0.25, -0.2) is 0 Å². The fraction of sp³-hybridized carbons (Fsp3) is 0.250. The average molecular weight is 479 g/mol. The molecule has 0 spiro atoms. The van der Waals surface area contributed by atoms with Crippen LogP contribution in [-0.2, 0) is 11.0 Å². The molecule has 35 heavy (non-hydrogen) atoms. The molecule has 7 heteroatoms. The monoisotopic (exact) mass is 478 g/mol. The Morgan fingerprint density at radius 2 is 1.69 bits per heavy atom. The number of rotatable bonds is 7. The summed E-state index contributed by atoms with van der Waals surface area (Å²) >= 11 is 0. The van der Waals surface area contributed by atoms with Crippen molar-refractivity contribution < 1.29 is 22.7 Å². The second-order valence-corrected chi connectivity index (χ2v) is 8.91. The molecule has 0 saturated heterocycles. The Balaban J connectivity index is 1.48. The van der Waals surface area contributed by atoms with Crippen LogP contribution >= 0.6 is 0 Å². The third-order valence-corrected chi connectivity index (χ3v) is 6.22. The Morgan fingerprint density at radius 1 is 0.971 bits per heavy atom. The number of ether oxygens (including phenoxy) is 1. The molecule has 0 unspecified atom stereocenters. The van der Waals surface area contributed by atoms with Gasteiger partial charge in [0.25, 0.3) is 5.91 Å². The van der Waals surface area contributed by atoms with Crippen LogP contribution in [0.3, 0.4) is 0 Å². The summed E-state index contributed by atoms with van der Waals surface area (Å²) in [6.45, 7) is 1.96. The third-order valence-electron chi connectivity index (χ3n) is 6.22. The van der Waals surface area contributed by atoms with Crippen LogP contribution < -0.4 is 15.0 Å². The van der Waals surface area contributed by atoms with Gasteiger partial charge in [0.05, 0.1) is 23.4 Å². The first-order valence-corrected chi connectivity index (χ1v) is 11.6. The number of carbonyl (C=O) groups is 1. The number of anilines is 1. The largest absolute Gasteiger partial charge is 0.490 e. The lowest BCUT2D eigenvalue weighted by Crippen LogP contribution is -2.33. The van der Waals surface area contributed by atoms with Crippen LogP contribution in [0.1, 0.15) is 48.5 Å². The summed E-state index contributed by atoms with van der Waals surface area (Å²) < 4.78 is 45.3. The summed E-state index contributed by atoms with van der Waals surface area (Å²) in [4.78, 5) is 15.1. The van der Waals surface area contributed by atoms with E-state index >= 15 is 0 Å². The number of hydrogen-bond donors (Lipinski definition) is 1. The smallest absolute Gasteiger partial charge is 0.416 e. The van der Waals surface area contributed by atoms with Gasteiger partial charge in [-0.1, -0.05) is 42.5 Å². The van der Waals surface area contributed by atoms with Crippen molar-refractivity contribution in [2.45, 2.75) is 44.1 Å². The Hall–Kier alpha value is -3.74. The van der Waals surface area contributed by atoms with Crippen molar-refractivity contribution in [3.05, 3.63) is 107 Å². The van der Waals surface area contributed by atoms with Gasteiger partial charge in [0.2, 0.25) is 0 Å². The quantitative estimate of drug-likeness (QED) is 0.418. The number of carbonyl (C=O) groups excluding carboxylic acids is 1. The molecule has 0 radical (unpaired) electrons. The van der Waals surface area contributed by atoms with E-state index in [1.165, 1.54) is 17.0 Å². The van der Waals surface area contributed by atoms with Gasteiger partial charge in [-0.3, -0.25) is 9.69 Å². The van der Waals surface area contributed by atoms with Crippen LogP contribution in [0.15, 0.2) is 90.6 Å². The highest BCUT2D eigenvalue weighted by Crippen LogP contribution is 2.39. The maximum atomic E-state index is 13.6. The summed E-state index contributed by atoms with van der Waals surface area (Å²) in [5.74, 6) is 0.420. The van der Waals surface area contributed by atoms with E-state index in [2.05, 4.69) is 5.32 Å². The van der Waals surface area contributed by atoms with Crippen LogP contribution in [0.25, 0.3) is 0 Å². The molecular weight excluding hydrogens is 453 g/mol. The van der Waals surface area contributed by atoms with Crippen molar-refractivity contribution in [1.82, 2.24) is 5.32 Å². The van der Waals surface area contributed by atoms with Crippen molar-refractivity contribution in [3.63, 3.8) is 0 Å². The molecule has 1 amide bonds. The number of alkyl halides is 3. The number of nitrogens with zero attached hydrogens (tertiary/aromatic N) is 1. The molecule has 0 aromatic heterocycles. The highest BCUT2D eigenvalue weighted by Gasteiger charge is 2.37. The fourth-order valence-electron chi connectivity index (χ4n) is 4.21. The molecular formula is C28H25F3N2O2. The Kier molecular flexibility index (Phi) is 6.01. The molecule has 180 valence electrons. The minimum Gasteiger partial charge on any atom is -0.490 e. The molecule has 5 rings (SSSR count). The van der Waals surface area contributed by atoms with Gasteiger partial charge in [-0.2, -0.15) is 13.2 Å². The average Bonchev–Trinajstić information content (AvgIpc) is 3.61. The van der Waals surface area contributed by atoms with E-state index in [1.807, 2.05) is 67.6 Å². The molecule has 2 aliphatic rings. The lowest BCUT2D eigenvalue weighted by molar-refractivity contribution is -0.137. The first-order valence-electron chi connectivity index (χ1n) is 11.6. The first kappa shape index (κ1) is 23.0. The molecule has 4 nitrogen and oxygen atoms in total. The lowest BCUT2D eigenvalue weighted by Gasteiger charge is -2.26. The van der Waals surface area contributed by atoms with Gasteiger partial charge in [0, 0.05) is 11.7 Å². The molecule has 1 aliphatic heterocycles. The third kappa shape index (κ3) is 5.04. The van der Waals surface area contributed by atoms with Crippen molar-refractivity contribution in [3.8, 4) is 5.75 Å². The second-order valence-electron chi connectivity index (χ2n) is 8.91. The van der Waals surface area contributed by atoms with E-state index in [0.29, 0.717) is 11.4 Å². The highest BCUT2D eigenvalue weighted by molar-refractivity contribution is 6.08. The van der Waals surface area contributed by atoms with Gasteiger partial charge in [-0.15, -0.1) is 0 Å². The van der Waals surface area contributed by atoms with Crippen LogP contribution in [0, 0.1) is 0 Å². The molecule has 3 aromatic rings. The SMILES string of the molecule is C[C@@H](NC1=C[C@H](c2cccc(OC3CC3)c2)N(c2ccc(C(F)(F)F)cc2)C1=O)c1ccccc1. The van der Waals surface area contributed by atoms with Gasteiger partial charge in [0.1, 0.15) is 5.75 Å². The zero-order valence-corrected chi connectivity index (χ0v) is 19.1. The maximum Gasteiger partial charge on any atom is 0.416 e. The zero-order valence-electron chi connectivity index (χ0n) is 19.1. The molecule has 1 saturated carbocycles. The first-order chi connectivity index (χ1) is 16.8. The van der Waals surface area contributed by atoms with Crippen LogP contribution in [0.5, 0.6) is 5.75 Å². The fourth-order valence-corrected chi connectivity index (χ4v) is 4.21. The minimum absolute atomic E-state index is 0.135. The highest BCUT2D eigenvalue weighted by atomic mass is 19.4. The number of benzene rings is 3. The summed E-state index contributed by atoms with van der Waals surface area (Å²) in [7, 11) is 0. The number of amides is 1. The Morgan fingerprint density at radius 3 is 2.34 bits per heavy atom. The molecule has 2 atom stereocenters. The van der Waals surface area contributed by atoms with E-state index < -0.39 is 17.8 Å².